The molecule has 1 unspecified atom stereocenters. The Bertz CT molecular complexity index is 319. The lowest BCUT2D eigenvalue weighted by Gasteiger charge is -2.36. The van der Waals surface area contributed by atoms with Crippen molar-refractivity contribution in [3.63, 3.8) is 0 Å². The second kappa shape index (κ2) is 5.11. The van der Waals surface area contributed by atoms with E-state index in [1.54, 1.807) is 0 Å². The molecule has 0 spiro atoms. The van der Waals surface area contributed by atoms with Gasteiger partial charge in [-0.05, 0) is 36.0 Å². The third-order valence-corrected chi connectivity index (χ3v) is 5.75. The number of hydrogen-bond acceptors (Lipinski definition) is 3. The van der Waals surface area contributed by atoms with Crippen LogP contribution in [0.15, 0.2) is 17.5 Å². The molecule has 2 atom stereocenters. The molecule has 1 aromatic rings. The molecule has 0 radical (unpaired) electrons. The molecule has 3 heteroatoms. The van der Waals surface area contributed by atoms with E-state index in [9.17, 15) is 0 Å². The van der Waals surface area contributed by atoms with Gasteiger partial charge in [-0.15, -0.1) is 11.3 Å². The number of hydrogen-bond donors (Lipinski definition) is 1. The molecule has 0 amide bonds. The Hall–Kier alpha value is 0.01000. The predicted molar refractivity (Wildman–Crippen MR) is 75.4 cm³/mol. The van der Waals surface area contributed by atoms with E-state index >= 15 is 0 Å². The van der Waals surface area contributed by atoms with E-state index in [2.05, 4.69) is 55.4 Å². The Labute approximate surface area is 107 Å². The Morgan fingerprint density at radius 1 is 1.50 bits per heavy atom. The van der Waals surface area contributed by atoms with Crippen LogP contribution in [-0.4, -0.2) is 17.5 Å². The summed E-state index contributed by atoms with van der Waals surface area (Å²) in [4.78, 5) is 1.45. The highest BCUT2D eigenvalue weighted by molar-refractivity contribution is 7.99. The molecule has 2 heterocycles. The first-order valence-electron chi connectivity index (χ1n) is 5.94. The summed E-state index contributed by atoms with van der Waals surface area (Å²) >= 11 is 3.94. The third-order valence-electron chi connectivity index (χ3n) is 3.07. The maximum Gasteiger partial charge on any atom is 0.0388 e. The van der Waals surface area contributed by atoms with Gasteiger partial charge in [-0.2, -0.15) is 11.8 Å². The molecule has 0 aromatic carbocycles. The van der Waals surface area contributed by atoms with E-state index < -0.39 is 0 Å². The molecule has 90 valence electrons. The zero-order valence-electron chi connectivity index (χ0n) is 10.3. The predicted octanol–water partition coefficient (Wildman–Crippen LogP) is 3.93. The van der Waals surface area contributed by atoms with E-state index in [1.165, 1.54) is 22.8 Å². The fourth-order valence-corrected chi connectivity index (χ4v) is 4.37. The second-order valence-electron chi connectivity index (χ2n) is 5.48. The van der Waals surface area contributed by atoms with Crippen LogP contribution in [-0.2, 0) is 0 Å². The highest BCUT2D eigenvalue weighted by Crippen LogP contribution is 2.34. The smallest absolute Gasteiger partial charge is 0.0388 e. The molecule has 0 aliphatic carbocycles. The zero-order valence-corrected chi connectivity index (χ0v) is 12.0. The van der Waals surface area contributed by atoms with Crippen molar-refractivity contribution in [2.24, 2.45) is 5.41 Å². The van der Waals surface area contributed by atoms with Crippen molar-refractivity contribution < 1.29 is 0 Å². The summed E-state index contributed by atoms with van der Waals surface area (Å²) in [7, 11) is 0. The van der Waals surface area contributed by atoms with Crippen LogP contribution >= 0.6 is 23.1 Å². The van der Waals surface area contributed by atoms with Crippen LogP contribution in [0.25, 0.3) is 0 Å². The molecular formula is C13H21NS2. The molecule has 1 saturated heterocycles. The van der Waals surface area contributed by atoms with Gasteiger partial charge in [0.1, 0.15) is 0 Å². The molecule has 1 nitrogen and oxygen atoms in total. The van der Waals surface area contributed by atoms with Gasteiger partial charge in [0.15, 0.2) is 0 Å². The first-order chi connectivity index (χ1) is 7.57. The topological polar surface area (TPSA) is 12.0 Å². The van der Waals surface area contributed by atoms with Gasteiger partial charge in [0, 0.05) is 22.7 Å². The van der Waals surface area contributed by atoms with Gasteiger partial charge in [-0.1, -0.05) is 19.9 Å². The first-order valence-corrected chi connectivity index (χ1v) is 7.97. The number of nitrogens with one attached hydrogen (secondary N) is 1. The van der Waals surface area contributed by atoms with Gasteiger partial charge in [-0.3, -0.25) is 0 Å². The molecule has 2 rings (SSSR count). The number of rotatable bonds is 3. The second-order valence-corrected chi connectivity index (χ2v) is 7.49. The molecule has 1 aliphatic heterocycles. The van der Waals surface area contributed by atoms with E-state index in [1.807, 2.05) is 11.3 Å². The zero-order chi connectivity index (χ0) is 11.6. The standard InChI is InChI=1S/C13H21NS2/c1-10(12-5-4-6-16-12)14-11-7-13(2,3)9-15-8-11/h4-6,10-11,14H,7-9H2,1-3H3/t10-,11?/m1/s1. The summed E-state index contributed by atoms with van der Waals surface area (Å²) in [5.41, 5.74) is 0.496. The molecule has 0 bridgehead atoms. The fourth-order valence-electron chi connectivity index (χ4n) is 2.34. The average molecular weight is 255 g/mol. The molecule has 1 aromatic heterocycles. The van der Waals surface area contributed by atoms with Crippen LogP contribution in [0, 0.1) is 5.41 Å². The molecule has 16 heavy (non-hydrogen) atoms. The summed E-state index contributed by atoms with van der Waals surface area (Å²) in [5.74, 6) is 2.57. The third kappa shape index (κ3) is 3.25. The normalized spacial score (nSPS) is 26.6. The van der Waals surface area contributed by atoms with E-state index in [4.69, 9.17) is 0 Å². The maximum atomic E-state index is 3.77. The monoisotopic (exact) mass is 255 g/mol. The minimum absolute atomic E-state index is 0.496. The Morgan fingerprint density at radius 3 is 2.94 bits per heavy atom. The van der Waals surface area contributed by atoms with Gasteiger partial charge in [-0.25, -0.2) is 0 Å². The largest absolute Gasteiger partial charge is 0.306 e. The highest BCUT2D eigenvalue weighted by atomic mass is 32.2. The van der Waals surface area contributed by atoms with Crippen LogP contribution in [0.2, 0.25) is 0 Å². The first kappa shape index (κ1) is 12.5. The van der Waals surface area contributed by atoms with Gasteiger partial charge in [0.25, 0.3) is 0 Å². The van der Waals surface area contributed by atoms with Gasteiger partial charge in [0.2, 0.25) is 0 Å². The van der Waals surface area contributed by atoms with Crippen molar-refractivity contribution in [3.8, 4) is 0 Å². The van der Waals surface area contributed by atoms with Crippen molar-refractivity contribution in [2.45, 2.75) is 39.3 Å². The lowest BCUT2D eigenvalue weighted by molar-refractivity contribution is 0.306. The quantitative estimate of drug-likeness (QED) is 0.878. The van der Waals surface area contributed by atoms with Gasteiger partial charge >= 0.3 is 0 Å². The Morgan fingerprint density at radius 2 is 2.31 bits per heavy atom. The van der Waals surface area contributed by atoms with Gasteiger partial charge < -0.3 is 5.32 Å². The summed E-state index contributed by atoms with van der Waals surface area (Å²) < 4.78 is 0. The van der Waals surface area contributed by atoms with Crippen LogP contribution in [0.3, 0.4) is 0 Å². The fraction of sp³-hybridized carbons (Fsp3) is 0.692. The maximum absolute atomic E-state index is 3.77. The highest BCUT2D eigenvalue weighted by Gasteiger charge is 2.29. The van der Waals surface area contributed by atoms with E-state index in [0.29, 0.717) is 17.5 Å². The van der Waals surface area contributed by atoms with Crippen molar-refractivity contribution in [1.29, 1.82) is 0 Å². The summed E-state index contributed by atoms with van der Waals surface area (Å²) in [5, 5.41) is 5.93. The lowest BCUT2D eigenvalue weighted by Crippen LogP contribution is -2.41. The average Bonchev–Trinajstić information content (AvgIpc) is 2.68. The minimum atomic E-state index is 0.496. The summed E-state index contributed by atoms with van der Waals surface area (Å²) in [6.45, 7) is 7.03. The van der Waals surface area contributed by atoms with Crippen LogP contribution in [0.4, 0.5) is 0 Å². The van der Waals surface area contributed by atoms with Crippen molar-refractivity contribution in [2.75, 3.05) is 11.5 Å². The lowest BCUT2D eigenvalue weighted by atomic mass is 9.87. The van der Waals surface area contributed by atoms with Crippen LogP contribution < -0.4 is 5.32 Å². The summed E-state index contributed by atoms with van der Waals surface area (Å²) in [6.07, 6.45) is 1.30. The molecule has 1 fully saturated rings. The van der Waals surface area contributed by atoms with Crippen molar-refractivity contribution in [3.05, 3.63) is 22.4 Å². The van der Waals surface area contributed by atoms with E-state index in [-0.39, 0.29) is 0 Å². The molecule has 0 saturated carbocycles. The summed E-state index contributed by atoms with van der Waals surface area (Å²) in [6, 6.07) is 5.53. The van der Waals surface area contributed by atoms with Crippen molar-refractivity contribution >= 4 is 23.1 Å². The van der Waals surface area contributed by atoms with Crippen LogP contribution in [0.5, 0.6) is 0 Å². The SMILES string of the molecule is C[C@@H](NC1CSCC(C)(C)C1)c1cccs1. The Balaban J connectivity index is 1.90. The number of thiophene rings is 1. The molecule has 1 aliphatic rings. The van der Waals surface area contributed by atoms with Crippen molar-refractivity contribution in [1.82, 2.24) is 5.32 Å². The number of thioether (sulfide) groups is 1. The minimum Gasteiger partial charge on any atom is -0.306 e. The molecular weight excluding hydrogens is 234 g/mol. The van der Waals surface area contributed by atoms with Gasteiger partial charge in [0.05, 0.1) is 0 Å². The van der Waals surface area contributed by atoms with E-state index in [0.717, 1.165) is 0 Å². The van der Waals surface area contributed by atoms with Crippen LogP contribution in [0.1, 0.15) is 38.1 Å². The molecule has 1 N–H and O–H groups in total. The Kier molecular flexibility index (Phi) is 3.98.